The Morgan fingerprint density at radius 1 is 0.413 bits per heavy atom. The van der Waals surface area contributed by atoms with Crippen LogP contribution in [0.25, 0.3) is 152 Å². The number of methoxy groups -OCH3 is 2. The minimum atomic E-state index is -1.66. The molecule has 1 fully saturated rings. The number of H-pyrrole nitrogens is 3. The topological polar surface area (TPSA) is 150 Å². The van der Waals surface area contributed by atoms with Crippen molar-refractivity contribution in [1.29, 1.82) is 0 Å². The van der Waals surface area contributed by atoms with Crippen LogP contribution in [0.3, 0.4) is 0 Å². The number of carbonyl (C=O) groups is 2. The maximum absolute atomic E-state index is 12.5. The summed E-state index contributed by atoms with van der Waals surface area (Å²) in [6, 6.07) is 92.0. The Bertz CT molecular complexity index is 6330. The third kappa shape index (κ3) is 12.7. The summed E-state index contributed by atoms with van der Waals surface area (Å²) in [5.74, 6) is -0.907. The zero-order valence-electron chi connectivity index (χ0n) is 58.2. The van der Waals surface area contributed by atoms with Gasteiger partial charge in [0.15, 0.2) is 0 Å². The summed E-state index contributed by atoms with van der Waals surface area (Å²) >= 11 is 3.71. The Morgan fingerprint density at radius 2 is 0.817 bits per heavy atom. The minimum absolute atomic E-state index is 0. The van der Waals surface area contributed by atoms with Crippen LogP contribution in [0.15, 0.2) is 271 Å². The molecule has 508 valence electrons. The summed E-state index contributed by atoms with van der Waals surface area (Å²) in [6.45, 7) is 6.76. The zero-order valence-corrected chi connectivity index (χ0v) is 62.8. The maximum atomic E-state index is 12.5. The van der Waals surface area contributed by atoms with Gasteiger partial charge in [-0.05, 0) is 177 Å². The number of carbonyl (C=O) groups excluding carboxylic acids is 2. The van der Waals surface area contributed by atoms with Gasteiger partial charge in [-0.1, -0.05) is 236 Å². The fraction of sp³-hybridized carbons (Fsp3) is 0.100. The quantitative estimate of drug-likeness (QED) is 0.0510. The van der Waals surface area contributed by atoms with Crippen LogP contribution in [0.2, 0.25) is 0 Å². The van der Waals surface area contributed by atoms with Gasteiger partial charge < -0.3 is 63.6 Å². The number of hydrogen-bond acceptors (Lipinski definition) is 7. The molecule has 1 saturated heterocycles. The Labute approximate surface area is 637 Å². The van der Waals surface area contributed by atoms with Crippen molar-refractivity contribution in [3.63, 3.8) is 0 Å². The summed E-state index contributed by atoms with van der Waals surface area (Å²) in [4.78, 5) is 34.3. The Kier molecular flexibility index (Phi) is 21.0. The predicted molar refractivity (Wildman–Crippen MR) is 434 cm³/mol. The molecule has 104 heavy (non-hydrogen) atoms. The van der Waals surface area contributed by atoms with Crippen molar-refractivity contribution in [3.05, 3.63) is 301 Å². The van der Waals surface area contributed by atoms with Crippen LogP contribution < -0.4 is 22.4 Å². The first-order chi connectivity index (χ1) is 49.4. The number of aromatic nitrogens is 3. The summed E-state index contributed by atoms with van der Waals surface area (Å²) in [5, 5.41) is 40.7. The molecule has 1 aliphatic heterocycles. The first kappa shape index (κ1) is 72.2. The van der Waals surface area contributed by atoms with Crippen molar-refractivity contribution < 1.29 is 50.8 Å². The number of esters is 2. The third-order valence-corrected chi connectivity index (χ3v) is 20.8. The van der Waals surface area contributed by atoms with Crippen molar-refractivity contribution in [2.24, 2.45) is 0 Å². The van der Waals surface area contributed by atoms with Gasteiger partial charge in [0.05, 0.1) is 25.3 Å². The van der Waals surface area contributed by atoms with Crippen LogP contribution in [0.4, 0.5) is 0 Å². The number of aromatic amines is 3. The van der Waals surface area contributed by atoms with Crippen molar-refractivity contribution in [1.82, 2.24) is 15.0 Å². The molecule has 20 rings (SSSR count). The molecule has 0 saturated carbocycles. The molecule has 10 nitrogen and oxygen atoms in total. The van der Waals surface area contributed by atoms with Gasteiger partial charge in [-0.2, -0.15) is 0 Å². The number of halogens is 2. The van der Waals surface area contributed by atoms with E-state index in [0.29, 0.717) is 5.56 Å². The van der Waals surface area contributed by atoms with Crippen LogP contribution in [-0.2, 0) is 19.6 Å². The summed E-state index contributed by atoms with van der Waals surface area (Å²) in [6.07, 6.45) is 2.56. The van der Waals surface area contributed by atoms with Crippen LogP contribution in [0, 0.1) is 7.43 Å². The fourth-order valence-electron chi connectivity index (χ4n) is 15.7. The number of benzene rings is 15. The molecule has 0 amide bonds. The summed E-state index contributed by atoms with van der Waals surface area (Å²) in [5.41, 5.74) is 15.5. The van der Waals surface area contributed by atoms with Crippen LogP contribution >= 0.6 is 15.9 Å². The smallest absolute Gasteiger partial charge is 1.00 e. The molecule has 14 heteroatoms. The van der Waals surface area contributed by atoms with Gasteiger partial charge in [-0.3, -0.25) is 0 Å². The number of rotatable bonds is 4. The Morgan fingerprint density at radius 3 is 1.35 bits per heavy atom. The maximum Gasteiger partial charge on any atom is 2.00 e. The van der Waals surface area contributed by atoms with Gasteiger partial charge in [0.2, 0.25) is 0 Å². The Balaban J connectivity index is 0.000000123. The van der Waals surface area contributed by atoms with E-state index in [2.05, 4.69) is 262 Å². The third-order valence-electron chi connectivity index (χ3n) is 20.2. The number of para-hydroxylation sites is 3. The number of fused-ring (bicyclic) bond motifs is 26. The molecule has 4 heterocycles. The number of nitrogens with one attached hydrogen (secondary N) is 3. The molecule has 0 unspecified atom stereocenters. The minimum Gasteiger partial charge on any atom is -1.00 e. The molecule has 0 spiro atoms. The molecular formula is C90H72BBr2MgN3O7. The van der Waals surface area contributed by atoms with Gasteiger partial charge >= 0.3 is 42.1 Å². The second-order valence-electron chi connectivity index (χ2n) is 26.2. The van der Waals surface area contributed by atoms with E-state index in [9.17, 15) is 9.59 Å². The van der Waals surface area contributed by atoms with Crippen LogP contribution in [-0.4, -0.2) is 94.5 Å². The Hall–Kier alpha value is -10.1. The van der Waals surface area contributed by atoms with Crippen molar-refractivity contribution in [2.45, 2.75) is 32.1 Å². The van der Waals surface area contributed by atoms with Gasteiger partial charge in [0, 0.05) is 88.5 Å². The monoisotopic (exact) mass is 1500 g/mol. The average molecular weight is 1500 g/mol. The fourth-order valence-corrected chi connectivity index (χ4v) is 16.3. The van der Waals surface area contributed by atoms with E-state index in [4.69, 9.17) is 19.5 Å². The van der Waals surface area contributed by atoms with E-state index in [1.807, 2.05) is 30.3 Å². The average Bonchev–Trinajstić information content (AvgIpc) is 1.52. The zero-order chi connectivity index (χ0) is 69.0. The number of hydrogen-bond donors (Lipinski definition) is 5. The van der Waals surface area contributed by atoms with E-state index in [-0.39, 0.29) is 69.9 Å². The van der Waals surface area contributed by atoms with Crippen molar-refractivity contribution in [2.75, 3.05) is 27.4 Å². The van der Waals surface area contributed by atoms with E-state index in [0.717, 1.165) is 50.6 Å². The van der Waals surface area contributed by atoms with Crippen LogP contribution in [0.5, 0.6) is 0 Å². The van der Waals surface area contributed by atoms with Crippen molar-refractivity contribution >= 4 is 194 Å². The van der Waals surface area contributed by atoms with E-state index in [1.165, 1.54) is 170 Å². The molecule has 3 aromatic heterocycles. The first-order valence-electron chi connectivity index (χ1n) is 34.0. The molecule has 0 bridgehead atoms. The normalized spacial score (nSPS) is 12.5. The molecule has 0 atom stereocenters. The molecular weight excluding hydrogens is 1430 g/mol. The van der Waals surface area contributed by atoms with E-state index < -0.39 is 13.1 Å². The van der Waals surface area contributed by atoms with Crippen molar-refractivity contribution in [3.8, 4) is 22.3 Å². The SMILES string of the molecule is Brc1cc2ccc3[nH]c4ccccc4c3c2c2ccccc12.C1CCOC1.CC1(C)c2ccccc2-c2c1c1ccc3[nH]c4ccccc4c3c1c1ccccc21.COC(=O)c1ccccc1-c1cc2ccc3[nH]c4ccccc4c3c2c2ccccc12.COC(=O)c1ccccc1B(O)O.[Br-].[CH3-].[Mg+2]. The molecule has 5 N–H and O–H groups in total. The van der Waals surface area contributed by atoms with Gasteiger partial charge in [-0.15, -0.1) is 0 Å². The molecule has 2 aliphatic rings. The molecule has 0 radical (unpaired) electrons. The molecule has 15 aromatic carbocycles. The first-order valence-corrected chi connectivity index (χ1v) is 34.8. The second kappa shape index (κ2) is 30.3. The molecule has 18 aromatic rings. The second-order valence-corrected chi connectivity index (χ2v) is 27.1. The van der Waals surface area contributed by atoms with Crippen LogP contribution in [0.1, 0.15) is 58.5 Å². The van der Waals surface area contributed by atoms with Gasteiger partial charge in [-0.25, -0.2) is 9.59 Å². The van der Waals surface area contributed by atoms with Gasteiger partial charge in [0.1, 0.15) is 0 Å². The predicted octanol–water partition coefficient (Wildman–Crippen LogP) is 18.4. The summed E-state index contributed by atoms with van der Waals surface area (Å²) in [7, 11) is 1.00. The largest absolute Gasteiger partial charge is 2.00 e. The van der Waals surface area contributed by atoms with E-state index in [1.54, 1.807) is 12.1 Å². The number of ether oxygens (including phenoxy) is 3. The summed E-state index contributed by atoms with van der Waals surface area (Å²) < 4.78 is 15.6. The van der Waals surface area contributed by atoms with Gasteiger partial charge in [0.25, 0.3) is 0 Å². The molecule has 1 aliphatic carbocycles. The van der Waals surface area contributed by atoms with E-state index >= 15 is 0 Å². The standard InChI is InChI=1S/C29H21N.C28H19NO2.C20H12BrN.C8H9BO4.C4H8O.CH3.BrH.Mg/c1-29(2)22-13-7-5-11-19(22)26-18-10-4-3-9-17(18)25-21(28(26)29)15-16-24-27(25)20-12-6-8-14-23(20)30-24;1-31-28(30)21-11-5-3-9-19(21)23-16-17-14-15-25-27(22-12-6-7-13-24(22)29-25)26(17)20-10-4-2-8-18(20)23;21-16-11-12-9-10-18-20(15-7-3-4-8-17(15)22-18)19(12)14-6-2-1-5-13(14)16;1-13-8(10)6-4-2-3-5-7(6)9(11)12;1-2-4-5-3-1;;;/h3-16,30H,1-2H3;2-16,29H,1H3;1-11,22H;2-5,11-12H,1H3;1-4H2;1H3;1H;/q;;;;;-1;;+2/p-1.